The second-order valence-electron chi connectivity index (χ2n) is 5.39. The quantitative estimate of drug-likeness (QED) is 0.775. The molecule has 0 aromatic carbocycles. The maximum Gasteiger partial charge on any atom is 0.240 e. The molecule has 17 heavy (non-hydrogen) atoms. The van der Waals surface area contributed by atoms with Crippen molar-refractivity contribution >= 4 is 5.91 Å². The first-order valence-corrected chi connectivity index (χ1v) is 6.82. The highest BCUT2D eigenvalue weighted by molar-refractivity contribution is 5.86. The number of nitrogens with one attached hydrogen (secondary N) is 2. The van der Waals surface area contributed by atoms with Crippen molar-refractivity contribution in [3.05, 3.63) is 0 Å². The third-order valence-electron chi connectivity index (χ3n) is 4.24. The van der Waals surface area contributed by atoms with Gasteiger partial charge >= 0.3 is 0 Å². The number of amides is 1. The third kappa shape index (κ3) is 2.63. The van der Waals surface area contributed by atoms with Crippen LogP contribution in [0.1, 0.15) is 39.5 Å². The van der Waals surface area contributed by atoms with Gasteiger partial charge in [-0.3, -0.25) is 4.79 Å². The Kier molecular flexibility index (Phi) is 4.05. The van der Waals surface area contributed by atoms with Crippen LogP contribution in [0.2, 0.25) is 0 Å². The predicted molar refractivity (Wildman–Crippen MR) is 66.8 cm³/mol. The van der Waals surface area contributed by atoms with E-state index in [9.17, 15) is 4.79 Å². The number of hydrogen-bond donors (Lipinski definition) is 2. The largest absolute Gasteiger partial charge is 0.381 e. The van der Waals surface area contributed by atoms with Crippen LogP contribution < -0.4 is 10.6 Å². The smallest absolute Gasteiger partial charge is 0.240 e. The lowest BCUT2D eigenvalue weighted by molar-refractivity contribution is -0.129. The van der Waals surface area contributed by atoms with E-state index in [2.05, 4.69) is 24.5 Å². The molecular weight excluding hydrogens is 216 g/mol. The molecule has 0 radical (unpaired) electrons. The third-order valence-corrected chi connectivity index (χ3v) is 4.24. The van der Waals surface area contributed by atoms with Crippen LogP contribution in [-0.4, -0.2) is 37.2 Å². The van der Waals surface area contributed by atoms with Gasteiger partial charge in [0.15, 0.2) is 0 Å². The van der Waals surface area contributed by atoms with Crippen LogP contribution in [0.3, 0.4) is 0 Å². The van der Waals surface area contributed by atoms with E-state index in [0.29, 0.717) is 5.92 Å². The molecule has 2 rings (SSSR count). The van der Waals surface area contributed by atoms with Crippen molar-refractivity contribution in [2.75, 3.05) is 19.8 Å². The Morgan fingerprint density at radius 1 is 1.59 bits per heavy atom. The molecule has 2 heterocycles. The van der Waals surface area contributed by atoms with E-state index < -0.39 is 0 Å². The predicted octanol–water partition coefficient (Wildman–Crippen LogP) is 1.06. The molecule has 4 heteroatoms. The zero-order valence-electron chi connectivity index (χ0n) is 10.9. The molecule has 0 bridgehead atoms. The van der Waals surface area contributed by atoms with E-state index in [1.54, 1.807) is 0 Å². The minimum atomic E-state index is -0.308. The van der Waals surface area contributed by atoms with Crippen molar-refractivity contribution in [3.8, 4) is 0 Å². The van der Waals surface area contributed by atoms with Crippen molar-refractivity contribution in [2.45, 2.75) is 51.1 Å². The first-order chi connectivity index (χ1) is 8.18. The van der Waals surface area contributed by atoms with Crippen LogP contribution in [0.25, 0.3) is 0 Å². The minimum Gasteiger partial charge on any atom is -0.381 e. The van der Waals surface area contributed by atoms with Crippen molar-refractivity contribution in [1.82, 2.24) is 10.6 Å². The van der Waals surface area contributed by atoms with Gasteiger partial charge in [0.1, 0.15) is 0 Å². The van der Waals surface area contributed by atoms with Gasteiger partial charge in [0, 0.05) is 12.6 Å². The topological polar surface area (TPSA) is 50.4 Å². The van der Waals surface area contributed by atoms with E-state index in [1.807, 2.05) is 0 Å². The number of carbonyl (C=O) groups is 1. The maximum atomic E-state index is 12.4. The molecule has 1 amide bonds. The first kappa shape index (κ1) is 12.8. The van der Waals surface area contributed by atoms with Gasteiger partial charge < -0.3 is 15.4 Å². The van der Waals surface area contributed by atoms with Gasteiger partial charge in [-0.2, -0.15) is 0 Å². The maximum absolute atomic E-state index is 12.4. The Bertz CT molecular complexity index is 275. The summed E-state index contributed by atoms with van der Waals surface area (Å²) in [4.78, 5) is 12.4. The summed E-state index contributed by atoms with van der Waals surface area (Å²) >= 11 is 0. The van der Waals surface area contributed by atoms with E-state index in [4.69, 9.17) is 4.74 Å². The summed E-state index contributed by atoms with van der Waals surface area (Å²) in [6.07, 6.45) is 3.88. The molecule has 0 spiro atoms. The number of ether oxygens (including phenoxy) is 1. The van der Waals surface area contributed by atoms with Crippen LogP contribution in [0.5, 0.6) is 0 Å². The molecule has 0 aliphatic carbocycles. The fourth-order valence-electron chi connectivity index (χ4n) is 2.86. The highest BCUT2D eigenvalue weighted by Crippen LogP contribution is 2.24. The molecule has 2 fully saturated rings. The van der Waals surface area contributed by atoms with Gasteiger partial charge in [-0.1, -0.05) is 13.8 Å². The van der Waals surface area contributed by atoms with Gasteiger partial charge in [-0.15, -0.1) is 0 Å². The molecule has 4 nitrogen and oxygen atoms in total. The molecule has 2 aliphatic rings. The normalized spacial score (nSPS) is 38.0. The van der Waals surface area contributed by atoms with Crippen molar-refractivity contribution in [2.24, 2.45) is 5.92 Å². The lowest BCUT2D eigenvalue weighted by Gasteiger charge is -2.34. The van der Waals surface area contributed by atoms with Crippen LogP contribution in [0.15, 0.2) is 0 Å². The van der Waals surface area contributed by atoms with Crippen LogP contribution in [0, 0.1) is 5.92 Å². The van der Waals surface area contributed by atoms with Gasteiger partial charge in [0.2, 0.25) is 5.91 Å². The van der Waals surface area contributed by atoms with Crippen molar-refractivity contribution < 1.29 is 9.53 Å². The van der Waals surface area contributed by atoms with Gasteiger partial charge in [-0.25, -0.2) is 0 Å². The van der Waals surface area contributed by atoms with Crippen molar-refractivity contribution in [1.29, 1.82) is 0 Å². The van der Waals surface area contributed by atoms with E-state index in [1.165, 1.54) is 0 Å². The average molecular weight is 240 g/mol. The molecular formula is C13H24N2O2. The summed E-state index contributed by atoms with van der Waals surface area (Å²) in [6, 6.07) is 0.280. The standard InChI is InChI=1S/C13H24N2O2/c1-3-13(6-4-7-14-13)12(16)15-11-5-8-17-9-10(11)2/h10-11,14H,3-9H2,1-2H3,(H,15,16). The summed E-state index contributed by atoms with van der Waals surface area (Å²) in [7, 11) is 0. The second-order valence-corrected chi connectivity index (χ2v) is 5.39. The Labute approximate surface area is 103 Å². The molecule has 98 valence electrons. The fraction of sp³-hybridized carbons (Fsp3) is 0.923. The fourth-order valence-corrected chi connectivity index (χ4v) is 2.86. The lowest BCUT2D eigenvalue weighted by atomic mass is 9.91. The van der Waals surface area contributed by atoms with Crippen LogP contribution in [-0.2, 0) is 9.53 Å². The van der Waals surface area contributed by atoms with Gasteiger partial charge in [0.05, 0.1) is 12.1 Å². The SMILES string of the molecule is CCC1(C(=O)NC2CCOCC2C)CCCN1. The molecule has 3 unspecified atom stereocenters. The van der Waals surface area contributed by atoms with Gasteiger partial charge in [-0.05, 0) is 38.1 Å². The Hall–Kier alpha value is -0.610. The van der Waals surface area contributed by atoms with E-state index in [-0.39, 0.29) is 17.5 Å². The van der Waals surface area contributed by atoms with Crippen LogP contribution in [0.4, 0.5) is 0 Å². The lowest BCUT2D eigenvalue weighted by Crippen LogP contribution is -2.57. The average Bonchev–Trinajstić information content (AvgIpc) is 2.82. The zero-order chi connectivity index (χ0) is 12.3. The first-order valence-electron chi connectivity index (χ1n) is 6.82. The summed E-state index contributed by atoms with van der Waals surface area (Å²) in [6.45, 7) is 6.72. The van der Waals surface area contributed by atoms with E-state index >= 15 is 0 Å². The Morgan fingerprint density at radius 3 is 3.00 bits per heavy atom. The highest BCUT2D eigenvalue weighted by Gasteiger charge is 2.40. The minimum absolute atomic E-state index is 0.191. The molecule has 0 saturated carbocycles. The monoisotopic (exact) mass is 240 g/mol. The molecule has 2 N–H and O–H groups in total. The molecule has 2 aliphatic heterocycles. The highest BCUT2D eigenvalue weighted by atomic mass is 16.5. The Morgan fingerprint density at radius 2 is 2.41 bits per heavy atom. The second kappa shape index (κ2) is 5.36. The summed E-state index contributed by atoms with van der Waals surface area (Å²) in [5.41, 5.74) is -0.308. The van der Waals surface area contributed by atoms with Crippen LogP contribution >= 0.6 is 0 Å². The number of hydrogen-bond acceptors (Lipinski definition) is 3. The summed E-state index contributed by atoms with van der Waals surface area (Å²) < 4.78 is 5.40. The molecule has 0 aromatic heterocycles. The van der Waals surface area contributed by atoms with Crippen molar-refractivity contribution in [3.63, 3.8) is 0 Å². The summed E-state index contributed by atoms with van der Waals surface area (Å²) in [5, 5.41) is 6.60. The zero-order valence-corrected chi connectivity index (χ0v) is 10.9. The number of rotatable bonds is 3. The molecule has 0 aromatic rings. The summed E-state index contributed by atoms with van der Waals surface area (Å²) in [5.74, 6) is 0.610. The number of carbonyl (C=O) groups excluding carboxylic acids is 1. The van der Waals surface area contributed by atoms with Gasteiger partial charge in [0.25, 0.3) is 0 Å². The molecule has 2 saturated heterocycles. The van der Waals surface area contributed by atoms with E-state index in [0.717, 1.165) is 45.4 Å². The Balaban J connectivity index is 1.95. The molecule has 3 atom stereocenters.